The molecule has 0 saturated heterocycles. The Bertz CT molecular complexity index is 1740. The van der Waals surface area contributed by atoms with Crippen LogP contribution in [-0.4, -0.2) is 50.4 Å². The largest absolute Gasteiger partial charge is 0.775 e. The molecule has 0 bridgehead atoms. The maximum atomic E-state index is 10.5. The van der Waals surface area contributed by atoms with Gasteiger partial charge in [0, 0.05) is 64.4 Å². The van der Waals surface area contributed by atoms with Gasteiger partial charge in [-0.3, -0.25) is 19.9 Å². The van der Waals surface area contributed by atoms with Crippen LogP contribution in [0.3, 0.4) is 0 Å². The summed E-state index contributed by atoms with van der Waals surface area (Å²) in [5.41, 5.74) is 14.3. The third-order valence-corrected chi connectivity index (χ3v) is 9.99. The Morgan fingerprint density at radius 2 is 0.940 bits per heavy atom. The van der Waals surface area contributed by atoms with Gasteiger partial charge < -0.3 is 24.1 Å². The van der Waals surface area contributed by atoms with Crippen LogP contribution in [0, 0.1) is 55.4 Å². The van der Waals surface area contributed by atoms with Crippen LogP contribution < -0.4 is 20.6 Å². The van der Waals surface area contributed by atoms with Crippen LogP contribution in [0.5, 0.6) is 0 Å². The molecule has 4 heterocycles. The van der Waals surface area contributed by atoms with E-state index < -0.39 is 15.2 Å². The number of nitrogens with zero attached hydrogens (tertiary/aromatic N) is 3. The van der Waals surface area contributed by atoms with E-state index in [0.717, 1.165) is 47.0 Å². The van der Waals surface area contributed by atoms with E-state index in [-0.39, 0.29) is 10.6 Å². The molecule has 0 amide bonds. The van der Waals surface area contributed by atoms with E-state index in [1.807, 2.05) is 20.8 Å². The maximum Gasteiger partial charge on any atom is 0.356 e. The average Bonchev–Trinajstić information content (AvgIpc) is 3.78. The van der Waals surface area contributed by atoms with Gasteiger partial charge in [-0.15, -0.1) is 5.10 Å². The van der Waals surface area contributed by atoms with Gasteiger partial charge in [0.2, 0.25) is 5.69 Å². The molecule has 0 aliphatic carbocycles. The molecule has 1 atom stereocenters. The summed E-state index contributed by atoms with van der Waals surface area (Å²) in [6.07, 6.45) is 1.84. The molecule has 4 aromatic heterocycles. The van der Waals surface area contributed by atoms with Crippen molar-refractivity contribution in [3.8, 4) is 0 Å². The molecule has 6 rings (SSSR count). The van der Waals surface area contributed by atoms with Crippen LogP contribution in [0.15, 0.2) is 60.7 Å². The molecule has 268 valence electrons. The van der Waals surface area contributed by atoms with Crippen molar-refractivity contribution in [3.63, 3.8) is 0 Å². The predicted octanol–water partition coefficient (Wildman–Crippen LogP) is 3.68. The zero-order chi connectivity index (χ0) is 37.2. The standard InChI is InChI=1S/2C11H16N4.2C6H7O3P/c2*1-6-10(7(2)13-12-6)5-11-8(3)14-15-9(11)4;2*7-10(8,9)6-4-2-1-3-5-6/h2*5H2,1-4H3,(H,12,13)(H,14,15);2*1-5H,(H2,7,8,9). The van der Waals surface area contributed by atoms with E-state index in [0.29, 0.717) is 0 Å². The van der Waals surface area contributed by atoms with Crippen molar-refractivity contribution in [1.29, 1.82) is 0 Å². The highest BCUT2D eigenvalue weighted by molar-refractivity contribution is 7.60. The molecule has 0 spiro atoms. The van der Waals surface area contributed by atoms with Crippen molar-refractivity contribution >= 4 is 25.8 Å². The molecule has 0 fully saturated rings. The molecule has 1 unspecified atom stereocenters. The Labute approximate surface area is 291 Å². The predicted molar refractivity (Wildman–Crippen MR) is 191 cm³/mol. The minimum Gasteiger partial charge on any atom is -0.775 e. The summed E-state index contributed by atoms with van der Waals surface area (Å²) in [6.45, 7) is 16.5. The topological polar surface area (TPSA) is 234 Å². The van der Waals surface area contributed by atoms with Gasteiger partial charge in [0.1, 0.15) is 0 Å². The highest BCUT2D eigenvalue weighted by atomic mass is 31.2. The SMILES string of the molecule is Cc1n[nH]c(C)c1Cc1c(C)[nH][nH+]c1C.Cc1n[nH]c(C)c1Cc1c(C)n[nH]c1C.O=P(O)(O)c1ccccc1.O=P([O-])(O)c1ccccc1. The monoisotopic (exact) mass is 724 g/mol. The maximum absolute atomic E-state index is 10.5. The lowest BCUT2D eigenvalue weighted by atomic mass is 10.0. The highest BCUT2D eigenvalue weighted by Crippen LogP contribution is 2.32. The first-order chi connectivity index (χ1) is 23.4. The zero-order valence-corrected chi connectivity index (χ0v) is 31.3. The van der Waals surface area contributed by atoms with Gasteiger partial charge in [0.25, 0.3) is 0 Å². The van der Waals surface area contributed by atoms with E-state index in [2.05, 4.69) is 75.4 Å². The number of aromatic nitrogens is 8. The van der Waals surface area contributed by atoms with Gasteiger partial charge >= 0.3 is 7.60 Å². The molecule has 50 heavy (non-hydrogen) atoms. The molecule has 16 heteroatoms. The summed E-state index contributed by atoms with van der Waals surface area (Å²) in [4.78, 5) is 36.1. The first kappa shape index (κ1) is 40.0. The summed E-state index contributed by atoms with van der Waals surface area (Å²) in [5, 5.41) is 27.9. The van der Waals surface area contributed by atoms with E-state index >= 15 is 0 Å². The molecule has 2 aromatic carbocycles. The molecule has 0 aliphatic rings. The molecular formula is C34H46N8O6P2. The number of hydrogen-bond acceptors (Lipinski definition) is 6. The summed E-state index contributed by atoms with van der Waals surface area (Å²) in [5.74, 6) is 0. The van der Waals surface area contributed by atoms with Crippen molar-refractivity contribution in [2.24, 2.45) is 0 Å². The Balaban J connectivity index is 0.000000184. The fourth-order valence-corrected chi connectivity index (χ4v) is 6.09. The van der Waals surface area contributed by atoms with Crippen LogP contribution in [0.2, 0.25) is 0 Å². The first-order valence-electron chi connectivity index (χ1n) is 15.7. The number of rotatable bonds is 6. The number of aryl methyl sites for hydroxylation is 8. The lowest BCUT2D eigenvalue weighted by molar-refractivity contribution is -0.458. The van der Waals surface area contributed by atoms with E-state index in [1.165, 1.54) is 57.9 Å². The summed E-state index contributed by atoms with van der Waals surface area (Å²) >= 11 is 0. The van der Waals surface area contributed by atoms with Gasteiger partial charge in [-0.1, -0.05) is 48.5 Å². The fourth-order valence-electron chi connectivity index (χ4n) is 4.98. The molecule has 14 nitrogen and oxygen atoms in total. The van der Waals surface area contributed by atoms with Gasteiger partial charge in [-0.05, 0) is 60.6 Å². The molecule has 0 saturated carbocycles. The summed E-state index contributed by atoms with van der Waals surface area (Å²) < 4.78 is 20.9. The molecule has 0 radical (unpaired) electrons. The third kappa shape index (κ3) is 11.3. The number of aromatic amines is 5. The van der Waals surface area contributed by atoms with Crippen molar-refractivity contribution < 1.29 is 33.8 Å². The van der Waals surface area contributed by atoms with Crippen LogP contribution in [0.1, 0.15) is 67.8 Å². The Morgan fingerprint density at radius 3 is 1.18 bits per heavy atom. The second-order valence-electron chi connectivity index (χ2n) is 11.8. The fraction of sp³-hybridized carbons (Fsp3) is 0.294. The molecular weight excluding hydrogens is 678 g/mol. The van der Waals surface area contributed by atoms with Crippen LogP contribution in [0.4, 0.5) is 0 Å². The molecule has 6 aromatic rings. The molecule has 0 aliphatic heterocycles. The van der Waals surface area contributed by atoms with Crippen LogP contribution in [-0.2, 0) is 22.0 Å². The third-order valence-electron chi connectivity index (χ3n) is 8.07. The van der Waals surface area contributed by atoms with Crippen molar-refractivity contribution in [2.45, 2.75) is 68.2 Å². The second-order valence-corrected chi connectivity index (χ2v) is 15.0. The minimum absolute atomic E-state index is 0.0463. The zero-order valence-electron chi connectivity index (χ0n) is 29.5. The van der Waals surface area contributed by atoms with Crippen LogP contribution in [0.25, 0.3) is 0 Å². The number of H-pyrrole nitrogens is 5. The van der Waals surface area contributed by atoms with Gasteiger partial charge in [0.05, 0.1) is 28.1 Å². The normalized spacial score (nSPS) is 12.1. The van der Waals surface area contributed by atoms with Gasteiger partial charge in [-0.2, -0.15) is 20.4 Å². The van der Waals surface area contributed by atoms with E-state index in [9.17, 15) is 14.0 Å². The van der Waals surface area contributed by atoms with Crippen molar-refractivity contribution in [1.82, 2.24) is 35.7 Å². The van der Waals surface area contributed by atoms with E-state index in [1.54, 1.807) is 36.4 Å². The minimum atomic E-state index is -4.27. The van der Waals surface area contributed by atoms with Crippen molar-refractivity contribution in [3.05, 3.63) is 128 Å². The Morgan fingerprint density at radius 1 is 0.580 bits per heavy atom. The van der Waals surface area contributed by atoms with E-state index in [4.69, 9.17) is 14.7 Å². The lowest BCUT2D eigenvalue weighted by Gasteiger charge is -2.14. The second kappa shape index (κ2) is 17.5. The lowest BCUT2D eigenvalue weighted by Crippen LogP contribution is -2.13. The van der Waals surface area contributed by atoms with Crippen molar-refractivity contribution in [2.75, 3.05) is 0 Å². The highest BCUT2D eigenvalue weighted by Gasteiger charge is 2.16. The quantitative estimate of drug-likeness (QED) is 0.124. The summed E-state index contributed by atoms with van der Waals surface area (Å²) in [7, 11) is -8.29. The van der Waals surface area contributed by atoms with Gasteiger partial charge in [-0.25, -0.2) is 0 Å². The van der Waals surface area contributed by atoms with Gasteiger partial charge in [0.15, 0.2) is 7.60 Å². The number of nitrogens with one attached hydrogen (secondary N) is 5. The number of hydrogen-bond donors (Lipinski definition) is 7. The number of benzene rings is 2. The molecule has 8 N–H and O–H groups in total. The summed E-state index contributed by atoms with van der Waals surface area (Å²) in [6, 6.07) is 15.2. The Hall–Kier alpha value is -4.42. The average molecular weight is 725 g/mol. The van der Waals surface area contributed by atoms with Crippen LogP contribution >= 0.6 is 15.2 Å². The smallest absolute Gasteiger partial charge is 0.356 e. The Kier molecular flexibility index (Phi) is 14.0. The first-order valence-corrected chi connectivity index (χ1v) is 18.9.